The molecular formula is C23H35N3O2. The van der Waals surface area contributed by atoms with Gasteiger partial charge in [-0.2, -0.15) is 0 Å². The van der Waals surface area contributed by atoms with Crippen LogP contribution in [0.5, 0.6) is 0 Å². The van der Waals surface area contributed by atoms with Crippen LogP contribution in [0.4, 0.5) is 0 Å². The molecule has 0 aliphatic carbocycles. The topological polar surface area (TPSA) is 43.9 Å². The zero-order valence-corrected chi connectivity index (χ0v) is 17.7. The van der Waals surface area contributed by atoms with E-state index >= 15 is 0 Å². The number of carbonyl (C=O) groups excluding carboxylic acids is 2. The number of hydrogen-bond donors (Lipinski definition) is 0. The molecule has 5 nitrogen and oxygen atoms in total. The van der Waals surface area contributed by atoms with Crippen molar-refractivity contribution in [2.75, 3.05) is 45.8 Å². The zero-order valence-electron chi connectivity index (χ0n) is 17.7. The van der Waals surface area contributed by atoms with E-state index in [0.29, 0.717) is 24.8 Å². The largest absolute Gasteiger partial charge is 0.341 e. The standard InChI is InChI=1S/C23H35N3O2/c1-18-5-4-6-21(14-18)7-8-22(27)25-11-9-24(10-12-25)17-23(28)26-15-19(2)13-20(3)16-26/h4-6,14,19-20H,7-13,15-17H2,1-3H3. The van der Waals surface area contributed by atoms with Gasteiger partial charge in [0.2, 0.25) is 11.8 Å². The molecule has 0 radical (unpaired) electrons. The second-order valence-corrected chi connectivity index (χ2v) is 8.89. The number of carbonyl (C=O) groups is 2. The Kier molecular flexibility index (Phi) is 7.11. The van der Waals surface area contributed by atoms with Gasteiger partial charge in [-0.25, -0.2) is 0 Å². The molecule has 2 fully saturated rings. The lowest BCUT2D eigenvalue weighted by Gasteiger charge is -2.38. The van der Waals surface area contributed by atoms with E-state index in [-0.39, 0.29) is 11.8 Å². The Balaban J connectivity index is 1.40. The van der Waals surface area contributed by atoms with Crippen LogP contribution in [-0.2, 0) is 16.0 Å². The molecule has 2 aliphatic rings. The first-order chi connectivity index (χ1) is 13.4. The van der Waals surface area contributed by atoms with Gasteiger partial charge in [0.05, 0.1) is 6.54 Å². The minimum Gasteiger partial charge on any atom is -0.341 e. The molecular weight excluding hydrogens is 350 g/mol. The molecule has 5 heteroatoms. The van der Waals surface area contributed by atoms with Gasteiger partial charge in [0.1, 0.15) is 0 Å². The van der Waals surface area contributed by atoms with Crippen molar-refractivity contribution in [2.24, 2.45) is 11.8 Å². The van der Waals surface area contributed by atoms with Crippen molar-refractivity contribution in [3.05, 3.63) is 35.4 Å². The highest BCUT2D eigenvalue weighted by molar-refractivity contribution is 5.79. The fraction of sp³-hybridized carbons (Fsp3) is 0.652. The van der Waals surface area contributed by atoms with Crippen LogP contribution in [0, 0.1) is 18.8 Å². The van der Waals surface area contributed by atoms with E-state index in [1.54, 1.807) is 0 Å². The van der Waals surface area contributed by atoms with Crippen molar-refractivity contribution < 1.29 is 9.59 Å². The van der Waals surface area contributed by atoms with Crippen LogP contribution in [0.25, 0.3) is 0 Å². The minimum absolute atomic E-state index is 0.228. The minimum atomic E-state index is 0.228. The third kappa shape index (κ3) is 5.81. The smallest absolute Gasteiger partial charge is 0.236 e. The summed E-state index contributed by atoms with van der Waals surface area (Å²) in [4.78, 5) is 31.4. The lowest BCUT2D eigenvalue weighted by molar-refractivity contribution is -0.136. The molecule has 3 rings (SSSR count). The van der Waals surface area contributed by atoms with Gasteiger partial charge < -0.3 is 9.80 Å². The van der Waals surface area contributed by atoms with E-state index in [1.165, 1.54) is 17.5 Å². The molecule has 1 aromatic rings. The van der Waals surface area contributed by atoms with Gasteiger partial charge >= 0.3 is 0 Å². The third-order valence-corrected chi connectivity index (χ3v) is 6.02. The Morgan fingerprint density at radius 3 is 2.29 bits per heavy atom. The van der Waals surface area contributed by atoms with Crippen LogP contribution in [0.15, 0.2) is 24.3 Å². The van der Waals surface area contributed by atoms with Crippen LogP contribution < -0.4 is 0 Å². The molecule has 2 atom stereocenters. The van der Waals surface area contributed by atoms with Crippen LogP contribution in [-0.4, -0.2) is 72.3 Å². The number of amides is 2. The quantitative estimate of drug-likeness (QED) is 0.782. The molecule has 2 unspecified atom stereocenters. The molecule has 2 heterocycles. The summed E-state index contributed by atoms with van der Waals surface area (Å²) in [6.45, 7) is 11.9. The number of piperazine rings is 1. The van der Waals surface area contributed by atoms with Crippen molar-refractivity contribution in [3.63, 3.8) is 0 Å². The van der Waals surface area contributed by atoms with Crippen LogP contribution in [0.3, 0.4) is 0 Å². The molecule has 0 saturated carbocycles. The Morgan fingerprint density at radius 2 is 1.64 bits per heavy atom. The second-order valence-electron chi connectivity index (χ2n) is 8.89. The van der Waals surface area contributed by atoms with Crippen LogP contribution in [0.1, 0.15) is 37.8 Å². The number of piperidine rings is 1. The highest BCUT2D eigenvalue weighted by atomic mass is 16.2. The number of hydrogen-bond acceptors (Lipinski definition) is 3. The maximum atomic E-state index is 12.7. The second kappa shape index (κ2) is 9.55. The number of likely N-dealkylation sites (tertiary alicyclic amines) is 1. The molecule has 0 bridgehead atoms. The lowest BCUT2D eigenvalue weighted by atomic mass is 9.92. The summed E-state index contributed by atoms with van der Waals surface area (Å²) < 4.78 is 0. The number of rotatable bonds is 5. The monoisotopic (exact) mass is 385 g/mol. The molecule has 2 amide bonds. The molecule has 0 aromatic heterocycles. The summed E-state index contributed by atoms with van der Waals surface area (Å²) in [6, 6.07) is 8.37. The SMILES string of the molecule is Cc1cccc(CCC(=O)N2CCN(CC(=O)N3CC(C)CC(C)C3)CC2)c1. The highest BCUT2D eigenvalue weighted by Crippen LogP contribution is 2.21. The van der Waals surface area contributed by atoms with E-state index in [9.17, 15) is 9.59 Å². The van der Waals surface area contributed by atoms with E-state index in [0.717, 1.165) is 45.7 Å². The normalized spacial score (nSPS) is 23.7. The van der Waals surface area contributed by atoms with Gasteiger partial charge in [-0.3, -0.25) is 14.5 Å². The van der Waals surface area contributed by atoms with Crippen molar-refractivity contribution in [1.82, 2.24) is 14.7 Å². The molecule has 0 spiro atoms. The third-order valence-electron chi connectivity index (χ3n) is 6.02. The molecule has 28 heavy (non-hydrogen) atoms. The average molecular weight is 386 g/mol. The molecule has 1 aromatic carbocycles. The number of aryl methyl sites for hydroxylation is 2. The van der Waals surface area contributed by atoms with Crippen LogP contribution >= 0.6 is 0 Å². The Morgan fingerprint density at radius 1 is 0.964 bits per heavy atom. The molecule has 0 N–H and O–H groups in total. The van der Waals surface area contributed by atoms with Gasteiger partial charge in [0.15, 0.2) is 0 Å². The van der Waals surface area contributed by atoms with Gasteiger partial charge in [0, 0.05) is 45.7 Å². The highest BCUT2D eigenvalue weighted by Gasteiger charge is 2.28. The summed E-state index contributed by atoms with van der Waals surface area (Å²) in [5.41, 5.74) is 2.46. The first kappa shape index (κ1) is 20.8. The molecule has 2 aliphatic heterocycles. The van der Waals surface area contributed by atoms with Crippen molar-refractivity contribution in [2.45, 2.75) is 40.0 Å². The summed E-state index contributed by atoms with van der Waals surface area (Å²) >= 11 is 0. The van der Waals surface area contributed by atoms with Gasteiger partial charge in [-0.15, -0.1) is 0 Å². The fourth-order valence-corrected chi connectivity index (χ4v) is 4.59. The molecule has 2 saturated heterocycles. The maximum Gasteiger partial charge on any atom is 0.236 e. The first-order valence-electron chi connectivity index (χ1n) is 10.7. The van der Waals surface area contributed by atoms with Gasteiger partial charge in [-0.05, 0) is 37.2 Å². The predicted octanol–water partition coefficient (Wildman–Crippen LogP) is 2.58. The van der Waals surface area contributed by atoms with Crippen molar-refractivity contribution >= 4 is 11.8 Å². The zero-order chi connectivity index (χ0) is 20.1. The first-order valence-corrected chi connectivity index (χ1v) is 10.7. The summed E-state index contributed by atoms with van der Waals surface area (Å²) in [5, 5.41) is 0. The number of nitrogens with zero attached hydrogens (tertiary/aromatic N) is 3. The Labute approximate surface area is 169 Å². The van der Waals surface area contributed by atoms with E-state index in [4.69, 9.17) is 0 Å². The van der Waals surface area contributed by atoms with Gasteiger partial charge in [0.25, 0.3) is 0 Å². The Hall–Kier alpha value is -1.88. The van der Waals surface area contributed by atoms with Gasteiger partial charge in [-0.1, -0.05) is 43.7 Å². The van der Waals surface area contributed by atoms with Crippen molar-refractivity contribution in [3.8, 4) is 0 Å². The predicted molar refractivity (Wildman–Crippen MR) is 112 cm³/mol. The maximum absolute atomic E-state index is 12.7. The fourth-order valence-electron chi connectivity index (χ4n) is 4.59. The van der Waals surface area contributed by atoms with Crippen molar-refractivity contribution in [1.29, 1.82) is 0 Å². The summed E-state index contributed by atoms with van der Waals surface area (Å²) in [6.07, 6.45) is 2.57. The average Bonchev–Trinajstić information content (AvgIpc) is 2.66. The summed E-state index contributed by atoms with van der Waals surface area (Å²) in [7, 11) is 0. The van der Waals surface area contributed by atoms with E-state index < -0.39 is 0 Å². The molecule has 154 valence electrons. The summed E-state index contributed by atoms with van der Waals surface area (Å²) in [5.74, 6) is 1.66. The Bertz CT molecular complexity index is 672. The lowest BCUT2D eigenvalue weighted by Crippen LogP contribution is -2.53. The number of benzene rings is 1. The van der Waals surface area contributed by atoms with E-state index in [1.807, 2.05) is 9.80 Å². The van der Waals surface area contributed by atoms with E-state index in [2.05, 4.69) is 49.9 Å². The van der Waals surface area contributed by atoms with Crippen LogP contribution in [0.2, 0.25) is 0 Å².